The molecule has 10 heteroatoms. The van der Waals surface area contributed by atoms with Crippen LogP contribution >= 0.6 is 0 Å². The first kappa shape index (κ1) is 28.9. The summed E-state index contributed by atoms with van der Waals surface area (Å²) in [6.07, 6.45) is 0.929. The number of hydrogen-bond acceptors (Lipinski definition) is 8. The molecule has 0 aliphatic carbocycles. The summed E-state index contributed by atoms with van der Waals surface area (Å²) in [5.74, 6) is 0.518. The highest BCUT2D eigenvalue weighted by Gasteiger charge is 2.26. The zero-order valence-electron chi connectivity index (χ0n) is 23.8. The lowest BCUT2D eigenvalue weighted by Crippen LogP contribution is -2.45. The number of aliphatic hydroxyl groups is 1. The maximum atomic E-state index is 12.5. The highest BCUT2D eigenvalue weighted by Crippen LogP contribution is 2.27. The van der Waals surface area contributed by atoms with E-state index in [1.807, 2.05) is 51.2 Å². The van der Waals surface area contributed by atoms with Crippen molar-refractivity contribution in [3.05, 3.63) is 51.9 Å². The van der Waals surface area contributed by atoms with E-state index < -0.39 is 18.1 Å². The predicted octanol–water partition coefficient (Wildman–Crippen LogP) is 2.08. The minimum atomic E-state index is -0.902. The number of morpholine rings is 1. The molecule has 0 spiro atoms. The van der Waals surface area contributed by atoms with E-state index in [2.05, 4.69) is 21.8 Å². The van der Waals surface area contributed by atoms with E-state index in [9.17, 15) is 14.7 Å². The van der Waals surface area contributed by atoms with Crippen LogP contribution in [-0.2, 0) is 34.4 Å². The molecule has 2 aromatic heterocycles. The Morgan fingerprint density at radius 3 is 2.69 bits per heavy atom. The summed E-state index contributed by atoms with van der Waals surface area (Å²) >= 11 is 0. The molecule has 212 valence electrons. The van der Waals surface area contributed by atoms with Gasteiger partial charge in [-0.15, -0.1) is 0 Å². The molecule has 10 nitrogen and oxygen atoms in total. The van der Waals surface area contributed by atoms with Crippen molar-refractivity contribution in [3.8, 4) is 11.4 Å². The smallest absolute Gasteiger partial charge is 0.325 e. The Bertz CT molecular complexity index is 1340. The minimum absolute atomic E-state index is 0.0125. The SMILES string of the molecule is Cc1cc(-c2nc3cc(CNC(C(=O)OCC(C)C)C(C)O)ccc3n2C[C@@H]2CN(C)CCO2)cn(C)c1=O. The van der Waals surface area contributed by atoms with Crippen LogP contribution in [0.15, 0.2) is 35.3 Å². The number of nitrogens with zero attached hydrogens (tertiary/aromatic N) is 4. The molecule has 2 N–H and O–H groups in total. The predicted molar refractivity (Wildman–Crippen MR) is 150 cm³/mol. The fraction of sp³-hybridized carbons (Fsp3) is 0.552. The molecule has 0 amide bonds. The van der Waals surface area contributed by atoms with Gasteiger partial charge in [-0.25, -0.2) is 4.98 Å². The van der Waals surface area contributed by atoms with Crippen molar-refractivity contribution in [2.75, 3.05) is 33.4 Å². The lowest BCUT2D eigenvalue weighted by Gasteiger charge is -2.30. The van der Waals surface area contributed by atoms with Crippen LogP contribution in [0.2, 0.25) is 0 Å². The fourth-order valence-electron chi connectivity index (χ4n) is 4.89. The molecule has 1 aromatic carbocycles. The third kappa shape index (κ3) is 6.94. The molecular formula is C29H41N5O5. The number of hydrogen-bond donors (Lipinski definition) is 2. The number of esters is 1. The summed E-state index contributed by atoms with van der Waals surface area (Å²) < 4.78 is 15.2. The minimum Gasteiger partial charge on any atom is -0.464 e. The molecule has 3 atom stereocenters. The van der Waals surface area contributed by atoms with Crippen molar-refractivity contribution >= 4 is 17.0 Å². The second-order valence-corrected chi connectivity index (χ2v) is 11.1. The number of fused-ring (bicyclic) bond motifs is 1. The van der Waals surface area contributed by atoms with Crippen molar-refractivity contribution in [1.82, 2.24) is 24.3 Å². The van der Waals surface area contributed by atoms with Gasteiger partial charge in [-0.1, -0.05) is 19.9 Å². The number of nitrogens with one attached hydrogen (secondary N) is 1. The van der Waals surface area contributed by atoms with E-state index in [0.717, 1.165) is 41.1 Å². The Balaban J connectivity index is 1.65. The molecule has 1 saturated heterocycles. The maximum Gasteiger partial charge on any atom is 0.325 e. The molecule has 2 unspecified atom stereocenters. The fourth-order valence-corrected chi connectivity index (χ4v) is 4.89. The largest absolute Gasteiger partial charge is 0.464 e. The Hall–Kier alpha value is -3.05. The van der Waals surface area contributed by atoms with Crippen LogP contribution < -0.4 is 10.9 Å². The van der Waals surface area contributed by atoms with Gasteiger partial charge in [0.2, 0.25) is 0 Å². The third-order valence-corrected chi connectivity index (χ3v) is 6.98. The first-order valence-corrected chi connectivity index (χ1v) is 13.6. The van der Waals surface area contributed by atoms with Gasteiger partial charge in [0.25, 0.3) is 5.56 Å². The van der Waals surface area contributed by atoms with Gasteiger partial charge in [0, 0.05) is 44.0 Å². The Kier molecular flexibility index (Phi) is 9.22. The van der Waals surface area contributed by atoms with E-state index >= 15 is 0 Å². The number of carbonyl (C=O) groups is 1. The summed E-state index contributed by atoms with van der Waals surface area (Å²) in [5.41, 5.74) is 4.16. The molecule has 1 aliphatic rings. The molecule has 0 bridgehead atoms. The Morgan fingerprint density at radius 2 is 2.03 bits per heavy atom. The Morgan fingerprint density at radius 1 is 1.26 bits per heavy atom. The molecule has 4 rings (SSSR count). The number of ether oxygens (including phenoxy) is 2. The summed E-state index contributed by atoms with van der Waals surface area (Å²) in [6, 6.07) is 7.06. The van der Waals surface area contributed by atoms with Gasteiger partial charge in [-0.05, 0) is 50.6 Å². The summed E-state index contributed by atoms with van der Waals surface area (Å²) in [4.78, 5) is 32.1. The first-order chi connectivity index (χ1) is 18.5. The van der Waals surface area contributed by atoms with Crippen molar-refractivity contribution in [2.24, 2.45) is 13.0 Å². The third-order valence-electron chi connectivity index (χ3n) is 6.98. The lowest BCUT2D eigenvalue weighted by atomic mass is 10.1. The number of rotatable bonds is 10. The zero-order valence-corrected chi connectivity index (χ0v) is 23.8. The second-order valence-electron chi connectivity index (χ2n) is 11.1. The van der Waals surface area contributed by atoms with Crippen LogP contribution in [0.25, 0.3) is 22.4 Å². The van der Waals surface area contributed by atoms with Crippen LogP contribution in [0.1, 0.15) is 31.9 Å². The van der Waals surface area contributed by atoms with Crippen LogP contribution in [0.5, 0.6) is 0 Å². The average Bonchev–Trinajstić information content (AvgIpc) is 3.23. The van der Waals surface area contributed by atoms with Crippen molar-refractivity contribution in [1.29, 1.82) is 0 Å². The molecule has 0 saturated carbocycles. The normalized spacial score (nSPS) is 18.0. The zero-order chi connectivity index (χ0) is 28.3. The van der Waals surface area contributed by atoms with Gasteiger partial charge in [0.05, 0.1) is 43.0 Å². The number of benzene rings is 1. The highest BCUT2D eigenvalue weighted by molar-refractivity contribution is 5.81. The lowest BCUT2D eigenvalue weighted by molar-refractivity contribution is -0.150. The maximum absolute atomic E-state index is 12.5. The van der Waals surface area contributed by atoms with E-state index in [-0.39, 0.29) is 17.6 Å². The monoisotopic (exact) mass is 539 g/mol. The van der Waals surface area contributed by atoms with E-state index in [4.69, 9.17) is 14.5 Å². The molecule has 0 radical (unpaired) electrons. The number of carbonyl (C=O) groups excluding carboxylic acids is 1. The molecule has 3 heterocycles. The topological polar surface area (TPSA) is 111 Å². The summed E-state index contributed by atoms with van der Waals surface area (Å²) in [6.45, 7) is 11.0. The molecule has 1 fully saturated rings. The number of aromatic nitrogens is 3. The molecule has 39 heavy (non-hydrogen) atoms. The number of imidazole rings is 1. The number of aryl methyl sites for hydroxylation is 2. The van der Waals surface area contributed by atoms with E-state index in [0.29, 0.717) is 31.9 Å². The second kappa shape index (κ2) is 12.4. The average molecular weight is 540 g/mol. The quantitative estimate of drug-likeness (QED) is 0.377. The molecular weight excluding hydrogens is 498 g/mol. The van der Waals surface area contributed by atoms with Crippen molar-refractivity contribution < 1.29 is 19.4 Å². The van der Waals surface area contributed by atoms with Gasteiger partial charge in [-0.2, -0.15) is 0 Å². The van der Waals surface area contributed by atoms with Crippen LogP contribution in [-0.4, -0.2) is 81.7 Å². The van der Waals surface area contributed by atoms with Crippen molar-refractivity contribution in [3.63, 3.8) is 0 Å². The van der Waals surface area contributed by atoms with Gasteiger partial charge < -0.3 is 28.6 Å². The highest BCUT2D eigenvalue weighted by atomic mass is 16.5. The van der Waals surface area contributed by atoms with Crippen molar-refractivity contribution in [2.45, 2.75) is 59.0 Å². The molecule has 1 aliphatic heterocycles. The number of pyridine rings is 1. The Labute approximate surface area is 229 Å². The van der Waals surface area contributed by atoms with Crippen LogP contribution in [0.4, 0.5) is 0 Å². The standard InChI is InChI=1S/C29H41N5O5/c1-18(2)17-39-29(37)26(20(4)35)30-13-21-7-8-25-24(12-21)31-27(22-11-19(3)28(36)33(6)14-22)34(25)16-23-15-32(5)9-10-38-23/h7-8,11-12,14,18,20,23,26,30,35H,9-10,13,15-17H2,1-6H3/t20?,23-,26?/m0/s1. The van der Waals surface area contributed by atoms with Crippen LogP contribution in [0.3, 0.4) is 0 Å². The number of aliphatic hydroxyl groups excluding tert-OH is 1. The van der Waals surface area contributed by atoms with E-state index in [1.165, 1.54) is 0 Å². The van der Waals surface area contributed by atoms with Gasteiger partial charge in [-0.3, -0.25) is 14.9 Å². The van der Waals surface area contributed by atoms with Gasteiger partial charge >= 0.3 is 5.97 Å². The van der Waals surface area contributed by atoms with Crippen LogP contribution in [0, 0.1) is 12.8 Å². The number of likely N-dealkylation sites (N-methyl/N-ethyl adjacent to an activating group) is 1. The van der Waals surface area contributed by atoms with Gasteiger partial charge in [0.1, 0.15) is 11.9 Å². The first-order valence-electron chi connectivity index (χ1n) is 13.6. The summed E-state index contributed by atoms with van der Waals surface area (Å²) in [5, 5.41) is 13.3. The van der Waals surface area contributed by atoms with E-state index in [1.54, 1.807) is 18.5 Å². The van der Waals surface area contributed by atoms with Gasteiger partial charge in [0.15, 0.2) is 0 Å². The molecule has 3 aromatic rings. The summed E-state index contributed by atoms with van der Waals surface area (Å²) in [7, 11) is 3.84.